The van der Waals surface area contributed by atoms with Crippen molar-refractivity contribution in [2.45, 2.75) is 52.1 Å². The van der Waals surface area contributed by atoms with Crippen molar-refractivity contribution in [1.82, 2.24) is 5.48 Å². The summed E-state index contributed by atoms with van der Waals surface area (Å²) >= 11 is 0. The lowest BCUT2D eigenvalue weighted by Gasteiger charge is -2.38. The van der Waals surface area contributed by atoms with Crippen molar-refractivity contribution in [2.24, 2.45) is 0 Å². The highest BCUT2D eigenvalue weighted by atomic mass is 16.7. The first-order valence-electron chi connectivity index (χ1n) is 8.22. The SMILES string of the molecule is CCONC(CC)=C1OCC2c3cc(C)ccc3CCC2O1. The number of rotatable bonds is 4. The van der Waals surface area contributed by atoms with Gasteiger partial charge in [-0.1, -0.05) is 30.7 Å². The molecule has 1 fully saturated rings. The second-order valence-electron chi connectivity index (χ2n) is 5.97. The number of nitrogens with one attached hydrogen (secondary N) is 1. The highest BCUT2D eigenvalue weighted by molar-refractivity contribution is 5.37. The van der Waals surface area contributed by atoms with Crippen molar-refractivity contribution in [3.05, 3.63) is 46.5 Å². The Balaban J connectivity index is 1.80. The van der Waals surface area contributed by atoms with Crippen LogP contribution < -0.4 is 5.48 Å². The quantitative estimate of drug-likeness (QED) is 0.863. The van der Waals surface area contributed by atoms with E-state index in [4.69, 9.17) is 14.3 Å². The summed E-state index contributed by atoms with van der Waals surface area (Å²) in [5.41, 5.74) is 7.96. The Morgan fingerprint density at radius 3 is 3.00 bits per heavy atom. The molecular weight excluding hydrogens is 278 g/mol. The van der Waals surface area contributed by atoms with Gasteiger partial charge >= 0.3 is 5.95 Å². The van der Waals surface area contributed by atoms with Gasteiger partial charge in [-0.15, -0.1) is 0 Å². The zero-order valence-electron chi connectivity index (χ0n) is 13.6. The van der Waals surface area contributed by atoms with Gasteiger partial charge in [-0.05, 0) is 44.2 Å². The van der Waals surface area contributed by atoms with Crippen LogP contribution in [0.5, 0.6) is 0 Å². The van der Waals surface area contributed by atoms with Crippen molar-refractivity contribution in [2.75, 3.05) is 13.2 Å². The number of hydrogen-bond acceptors (Lipinski definition) is 4. The lowest BCUT2D eigenvalue weighted by atomic mass is 9.80. The molecule has 1 heterocycles. The maximum Gasteiger partial charge on any atom is 0.301 e. The van der Waals surface area contributed by atoms with Crippen LogP contribution >= 0.6 is 0 Å². The van der Waals surface area contributed by atoms with Crippen LogP contribution in [-0.4, -0.2) is 19.3 Å². The predicted octanol–water partition coefficient (Wildman–Crippen LogP) is 3.56. The fourth-order valence-corrected chi connectivity index (χ4v) is 3.24. The first-order chi connectivity index (χ1) is 10.7. The van der Waals surface area contributed by atoms with Gasteiger partial charge in [0.15, 0.2) is 0 Å². The molecule has 0 bridgehead atoms. The van der Waals surface area contributed by atoms with Gasteiger partial charge in [-0.25, -0.2) is 0 Å². The van der Waals surface area contributed by atoms with Crippen LogP contribution in [0.4, 0.5) is 0 Å². The molecule has 120 valence electrons. The van der Waals surface area contributed by atoms with Crippen molar-refractivity contribution in [1.29, 1.82) is 0 Å². The predicted molar refractivity (Wildman–Crippen MR) is 85.1 cm³/mol. The average molecular weight is 303 g/mol. The summed E-state index contributed by atoms with van der Waals surface area (Å²) < 4.78 is 12.1. The number of hydrogen-bond donors (Lipinski definition) is 1. The summed E-state index contributed by atoms with van der Waals surface area (Å²) in [6, 6.07) is 6.73. The maximum absolute atomic E-state index is 6.15. The van der Waals surface area contributed by atoms with E-state index in [9.17, 15) is 0 Å². The Kier molecular flexibility index (Phi) is 4.57. The summed E-state index contributed by atoms with van der Waals surface area (Å²) in [4.78, 5) is 5.28. The first kappa shape index (κ1) is 15.2. The molecule has 2 unspecified atom stereocenters. The Hall–Kier alpha value is -1.68. The maximum atomic E-state index is 6.15. The fourth-order valence-electron chi connectivity index (χ4n) is 3.24. The van der Waals surface area contributed by atoms with Crippen LogP contribution in [0.25, 0.3) is 0 Å². The molecule has 4 nitrogen and oxygen atoms in total. The van der Waals surface area contributed by atoms with Gasteiger partial charge in [-0.2, -0.15) is 0 Å². The van der Waals surface area contributed by atoms with E-state index in [0.717, 1.165) is 25.0 Å². The zero-order chi connectivity index (χ0) is 15.5. The highest BCUT2D eigenvalue weighted by Crippen LogP contribution is 2.39. The molecule has 1 aromatic carbocycles. The molecule has 1 aromatic rings. The average Bonchev–Trinajstić information content (AvgIpc) is 2.55. The fraction of sp³-hybridized carbons (Fsp3) is 0.556. The first-order valence-corrected chi connectivity index (χ1v) is 8.22. The molecule has 4 heteroatoms. The minimum absolute atomic E-state index is 0.197. The van der Waals surface area contributed by atoms with Crippen LogP contribution in [0.15, 0.2) is 29.8 Å². The van der Waals surface area contributed by atoms with Gasteiger partial charge in [-0.3, -0.25) is 10.3 Å². The van der Waals surface area contributed by atoms with E-state index in [1.807, 2.05) is 6.92 Å². The lowest BCUT2D eigenvalue weighted by molar-refractivity contribution is -0.0925. The number of aryl methyl sites for hydroxylation is 2. The molecule has 3 rings (SSSR count). The van der Waals surface area contributed by atoms with Crippen molar-refractivity contribution in [3.8, 4) is 0 Å². The largest absolute Gasteiger partial charge is 0.463 e. The summed E-state index contributed by atoms with van der Waals surface area (Å²) in [6.07, 6.45) is 3.11. The molecule has 2 aliphatic rings. The van der Waals surface area contributed by atoms with Crippen molar-refractivity contribution < 1.29 is 14.3 Å². The Morgan fingerprint density at radius 1 is 1.36 bits per heavy atom. The third-order valence-corrected chi connectivity index (χ3v) is 4.44. The molecule has 0 spiro atoms. The second-order valence-corrected chi connectivity index (χ2v) is 5.97. The van der Waals surface area contributed by atoms with E-state index >= 15 is 0 Å². The summed E-state index contributed by atoms with van der Waals surface area (Å²) in [5.74, 6) is 0.936. The molecule has 0 saturated carbocycles. The molecule has 0 aromatic heterocycles. The molecule has 1 aliphatic heterocycles. The Bertz CT molecular complexity index is 567. The normalized spacial score (nSPS) is 25.4. The standard InChI is InChI=1S/C18H25NO3/c1-4-16(19-21-5-2)18-20-11-15-14-10-12(3)6-7-13(14)8-9-17(15)22-18/h6-7,10,15,17,19H,4-5,8-9,11H2,1-3H3. The second kappa shape index (κ2) is 6.61. The Morgan fingerprint density at radius 2 is 2.23 bits per heavy atom. The number of allylic oxidation sites excluding steroid dienone is 1. The molecule has 2 atom stereocenters. The topological polar surface area (TPSA) is 39.7 Å². The highest BCUT2D eigenvalue weighted by Gasteiger charge is 2.36. The summed E-state index contributed by atoms with van der Waals surface area (Å²) in [5, 5.41) is 0. The smallest absolute Gasteiger partial charge is 0.301 e. The monoisotopic (exact) mass is 303 g/mol. The van der Waals surface area contributed by atoms with Crippen LogP contribution in [0.2, 0.25) is 0 Å². The van der Waals surface area contributed by atoms with Crippen LogP contribution in [0.1, 0.15) is 49.3 Å². The van der Waals surface area contributed by atoms with Crippen LogP contribution in [0.3, 0.4) is 0 Å². The number of hydroxylamine groups is 1. The number of ether oxygens (including phenoxy) is 2. The van der Waals surface area contributed by atoms with Gasteiger partial charge in [0.1, 0.15) is 18.4 Å². The van der Waals surface area contributed by atoms with Gasteiger partial charge in [0.05, 0.1) is 12.5 Å². The van der Waals surface area contributed by atoms with E-state index in [1.54, 1.807) is 0 Å². The number of benzene rings is 1. The van der Waals surface area contributed by atoms with Crippen LogP contribution in [-0.2, 0) is 20.7 Å². The zero-order valence-corrected chi connectivity index (χ0v) is 13.6. The molecule has 1 aliphatic carbocycles. The van der Waals surface area contributed by atoms with E-state index in [1.165, 1.54) is 16.7 Å². The molecule has 0 radical (unpaired) electrons. The molecule has 0 amide bonds. The van der Waals surface area contributed by atoms with E-state index in [2.05, 4.69) is 37.5 Å². The van der Waals surface area contributed by atoms with Gasteiger partial charge in [0.25, 0.3) is 0 Å². The van der Waals surface area contributed by atoms with Gasteiger partial charge < -0.3 is 9.47 Å². The van der Waals surface area contributed by atoms with Gasteiger partial charge in [0, 0.05) is 0 Å². The van der Waals surface area contributed by atoms with E-state index in [0.29, 0.717) is 25.1 Å². The van der Waals surface area contributed by atoms with Gasteiger partial charge in [0.2, 0.25) is 0 Å². The van der Waals surface area contributed by atoms with Crippen molar-refractivity contribution >= 4 is 0 Å². The molecule has 22 heavy (non-hydrogen) atoms. The minimum Gasteiger partial charge on any atom is -0.463 e. The van der Waals surface area contributed by atoms with E-state index < -0.39 is 0 Å². The van der Waals surface area contributed by atoms with Crippen LogP contribution in [0, 0.1) is 6.92 Å². The third kappa shape index (κ3) is 2.93. The third-order valence-electron chi connectivity index (χ3n) is 4.44. The molecule has 1 saturated heterocycles. The lowest BCUT2D eigenvalue weighted by Crippen LogP contribution is -2.37. The van der Waals surface area contributed by atoms with E-state index in [-0.39, 0.29) is 6.10 Å². The minimum atomic E-state index is 0.197. The summed E-state index contributed by atoms with van der Waals surface area (Å²) in [6.45, 7) is 7.43. The molecule has 1 N–H and O–H groups in total. The summed E-state index contributed by atoms with van der Waals surface area (Å²) in [7, 11) is 0. The van der Waals surface area contributed by atoms with Crippen molar-refractivity contribution in [3.63, 3.8) is 0 Å². The molecular formula is C18H25NO3. The Labute approximate surface area is 132 Å². The number of fused-ring (bicyclic) bond motifs is 3.